The first-order valence-corrected chi connectivity index (χ1v) is 15.6. The van der Waals surface area contributed by atoms with Crippen LogP contribution < -0.4 is 10.1 Å². The van der Waals surface area contributed by atoms with Crippen LogP contribution in [0.3, 0.4) is 0 Å². The van der Waals surface area contributed by atoms with Crippen LogP contribution in [0, 0.1) is 5.82 Å². The third kappa shape index (κ3) is 7.15. The van der Waals surface area contributed by atoms with Crippen molar-refractivity contribution in [3.05, 3.63) is 95.5 Å². The molecule has 0 aliphatic carbocycles. The quantitative estimate of drug-likeness (QED) is 0.179. The summed E-state index contributed by atoms with van der Waals surface area (Å²) in [4.78, 5) is 13.4. The standard InChI is InChI=1S/C30H30ClFN4O5S/c1-2-42(37,38)14-13-39-12-10-30(9-4-11-41-30)28-17-24-26(18-33-28)34-20-35-29(24)36-23-7-8-27(25(31)16-23)40-19-21-5-3-6-22(32)15-21/h3-8,11,15-18,20H,2,9-10,12-14,19H2,1H3,(H,34,35,36). The number of halogens is 2. The fourth-order valence-corrected chi connectivity index (χ4v) is 5.41. The van der Waals surface area contributed by atoms with Gasteiger partial charge in [0.2, 0.25) is 0 Å². The van der Waals surface area contributed by atoms with E-state index < -0.39 is 15.4 Å². The average molecular weight is 613 g/mol. The number of pyridine rings is 1. The summed E-state index contributed by atoms with van der Waals surface area (Å²) >= 11 is 6.49. The first kappa shape index (κ1) is 29.7. The van der Waals surface area contributed by atoms with Gasteiger partial charge in [0, 0.05) is 29.7 Å². The lowest BCUT2D eigenvalue weighted by Crippen LogP contribution is -2.28. The van der Waals surface area contributed by atoms with E-state index in [-0.39, 0.29) is 30.5 Å². The third-order valence-corrected chi connectivity index (χ3v) is 8.90. The van der Waals surface area contributed by atoms with Gasteiger partial charge in [-0.25, -0.2) is 22.8 Å². The van der Waals surface area contributed by atoms with Crippen molar-refractivity contribution in [2.75, 3.05) is 30.0 Å². The Kier molecular flexibility index (Phi) is 9.20. The van der Waals surface area contributed by atoms with Gasteiger partial charge in [0.25, 0.3) is 0 Å². The Morgan fingerprint density at radius 3 is 2.76 bits per heavy atom. The number of nitrogens with one attached hydrogen (secondary N) is 1. The van der Waals surface area contributed by atoms with Gasteiger partial charge in [0.15, 0.2) is 15.4 Å². The van der Waals surface area contributed by atoms with Gasteiger partial charge in [-0.05, 0) is 48.0 Å². The maximum atomic E-state index is 13.5. The second kappa shape index (κ2) is 13.0. The Morgan fingerprint density at radius 1 is 1.12 bits per heavy atom. The van der Waals surface area contributed by atoms with Gasteiger partial charge >= 0.3 is 0 Å². The lowest BCUT2D eigenvalue weighted by Gasteiger charge is -2.28. The van der Waals surface area contributed by atoms with Gasteiger partial charge in [-0.15, -0.1) is 0 Å². The summed E-state index contributed by atoms with van der Waals surface area (Å²) < 4.78 is 54.4. The van der Waals surface area contributed by atoms with Crippen LogP contribution in [0.25, 0.3) is 10.9 Å². The molecule has 0 amide bonds. The van der Waals surface area contributed by atoms with E-state index in [0.717, 1.165) is 5.39 Å². The summed E-state index contributed by atoms with van der Waals surface area (Å²) in [5.74, 6) is 0.767. The molecule has 1 atom stereocenters. The van der Waals surface area contributed by atoms with E-state index in [4.69, 9.17) is 25.8 Å². The van der Waals surface area contributed by atoms with E-state index in [1.54, 1.807) is 43.6 Å². The molecule has 12 heteroatoms. The summed E-state index contributed by atoms with van der Waals surface area (Å²) in [6.07, 6.45) is 7.76. The molecule has 1 N–H and O–H groups in total. The Hall–Kier alpha value is -3.80. The highest BCUT2D eigenvalue weighted by molar-refractivity contribution is 7.91. The number of sulfone groups is 1. The van der Waals surface area contributed by atoms with E-state index in [1.165, 1.54) is 18.5 Å². The van der Waals surface area contributed by atoms with Crippen LogP contribution in [0.2, 0.25) is 5.02 Å². The number of hydrogen-bond donors (Lipinski definition) is 1. The number of aromatic nitrogens is 3. The molecule has 0 fully saturated rings. The molecule has 0 saturated carbocycles. The van der Waals surface area contributed by atoms with Crippen LogP contribution in [-0.2, 0) is 31.5 Å². The zero-order chi connectivity index (χ0) is 29.6. The van der Waals surface area contributed by atoms with Gasteiger partial charge in [-0.3, -0.25) is 4.98 Å². The van der Waals surface area contributed by atoms with Crippen LogP contribution in [0.4, 0.5) is 15.9 Å². The van der Waals surface area contributed by atoms with Crippen molar-refractivity contribution in [1.29, 1.82) is 0 Å². The molecule has 5 rings (SSSR count). The molecule has 220 valence electrons. The van der Waals surface area contributed by atoms with Crippen LogP contribution in [0.1, 0.15) is 31.0 Å². The molecule has 0 saturated heterocycles. The zero-order valence-electron chi connectivity index (χ0n) is 22.9. The van der Waals surface area contributed by atoms with Crippen molar-refractivity contribution in [1.82, 2.24) is 15.0 Å². The summed E-state index contributed by atoms with van der Waals surface area (Å²) in [6.45, 7) is 2.24. The monoisotopic (exact) mass is 612 g/mol. The van der Waals surface area contributed by atoms with Gasteiger partial charge in [-0.1, -0.05) is 30.7 Å². The molecule has 0 bridgehead atoms. The van der Waals surface area contributed by atoms with E-state index >= 15 is 0 Å². The minimum atomic E-state index is -3.09. The third-order valence-electron chi connectivity index (χ3n) is 6.93. The Morgan fingerprint density at radius 2 is 2.00 bits per heavy atom. The van der Waals surface area contributed by atoms with Crippen molar-refractivity contribution < 1.29 is 27.0 Å². The van der Waals surface area contributed by atoms with Gasteiger partial charge < -0.3 is 19.5 Å². The molecule has 1 aliphatic heterocycles. The number of fused-ring (bicyclic) bond motifs is 1. The maximum absolute atomic E-state index is 13.5. The smallest absolute Gasteiger partial charge is 0.155 e. The fraction of sp³-hybridized carbons (Fsp3) is 0.300. The minimum absolute atomic E-state index is 0.0136. The summed E-state index contributed by atoms with van der Waals surface area (Å²) in [7, 11) is -3.09. The van der Waals surface area contributed by atoms with E-state index in [0.29, 0.717) is 58.5 Å². The number of anilines is 2. The second-order valence-corrected chi connectivity index (χ2v) is 12.7. The van der Waals surface area contributed by atoms with Gasteiger partial charge in [0.1, 0.15) is 30.3 Å². The molecule has 0 radical (unpaired) electrons. The number of ether oxygens (including phenoxy) is 3. The van der Waals surface area contributed by atoms with Crippen LogP contribution >= 0.6 is 11.6 Å². The molecule has 1 aliphatic rings. The van der Waals surface area contributed by atoms with Crippen molar-refractivity contribution in [2.24, 2.45) is 0 Å². The molecule has 2 aromatic heterocycles. The van der Waals surface area contributed by atoms with Crippen LogP contribution in [0.5, 0.6) is 5.75 Å². The molecule has 2 aromatic carbocycles. The topological polar surface area (TPSA) is 113 Å². The molecule has 0 spiro atoms. The van der Waals surface area contributed by atoms with E-state index in [1.807, 2.05) is 18.2 Å². The molecule has 9 nitrogen and oxygen atoms in total. The largest absolute Gasteiger partial charge is 0.488 e. The Bertz CT molecular complexity index is 1690. The first-order valence-electron chi connectivity index (χ1n) is 13.4. The second-order valence-electron chi connectivity index (χ2n) is 9.78. The molecular weight excluding hydrogens is 583 g/mol. The SMILES string of the molecule is CCS(=O)(=O)CCOCCC1(c2cc3c(Nc4ccc(OCc5cccc(F)c5)c(Cl)c4)ncnc3cn2)CC=CO1. The maximum Gasteiger partial charge on any atom is 0.155 e. The fourth-order valence-electron chi connectivity index (χ4n) is 4.52. The number of benzene rings is 2. The Labute approximate surface area is 248 Å². The molecule has 42 heavy (non-hydrogen) atoms. The highest BCUT2D eigenvalue weighted by Crippen LogP contribution is 2.39. The highest BCUT2D eigenvalue weighted by atomic mass is 35.5. The molecule has 4 aromatic rings. The zero-order valence-corrected chi connectivity index (χ0v) is 24.5. The summed E-state index contributed by atoms with van der Waals surface area (Å²) in [6, 6.07) is 13.4. The molecule has 3 heterocycles. The normalized spacial score (nSPS) is 16.5. The average Bonchev–Trinajstić information content (AvgIpc) is 3.47. The van der Waals surface area contributed by atoms with Crippen LogP contribution in [0.15, 0.2) is 73.4 Å². The number of nitrogens with zero attached hydrogens (tertiary/aromatic N) is 3. The predicted octanol–water partition coefficient (Wildman–Crippen LogP) is 6.11. The van der Waals surface area contributed by atoms with E-state index in [2.05, 4.69) is 20.3 Å². The van der Waals surface area contributed by atoms with Crippen molar-refractivity contribution in [3.8, 4) is 5.75 Å². The van der Waals surface area contributed by atoms with E-state index in [9.17, 15) is 12.8 Å². The van der Waals surface area contributed by atoms with Crippen molar-refractivity contribution in [3.63, 3.8) is 0 Å². The van der Waals surface area contributed by atoms with Gasteiger partial charge in [0.05, 0.1) is 47.7 Å². The minimum Gasteiger partial charge on any atom is -0.488 e. The summed E-state index contributed by atoms with van der Waals surface area (Å²) in [5, 5.41) is 4.41. The van der Waals surface area contributed by atoms with Gasteiger partial charge in [-0.2, -0.15) is 0 Å². The Balaban J connectivity index is 1.30. The predicted molar refractivity (Wildman–Crippen MR) is 159 cm³/mol. The number of hydrogen-bond acceptors (Lipinski definition) is 9. The lowest BCUT2D eigenvalue weighted by atomic mass is 9.91. The van der Waals surface area contributed by atoms with Crippen molar-refractivity contribution >= 4 is 43.8 Å². The molecule has 1 unspecified atom stereocenters. The first-order chi connectivity index (χ1) is 20.3. The van der Waals surface area contributed by atoms with Crippen LogP contribution in [-0.4, -0.2) is 48.1 Å². The highest BCUT2D eigenvalue weighted by Gasteiger charge is 2.37. The molecular formula is C30H30ClFN4O5S. The van der Waals surface area contributed by atoms with Crippen molar-refractivity contribution in [2.45, 2.75) is 32.0 Å². The lowest BCUT2D eigenvalue weighted by molar-refractivity contribution is -0.000451. The number of rotatable bonds is 13. The summed E-state index contributed by atoms with van der Waals surface area (Å²) in [5.41, 5.74) is 1.94.